The van der Waals surface area contributed by atoms with E-state index in [4.69, 9.17) is 9.47 Å². The van der Waals surface area contributed by atoms with Gasteiger partial charge in [0.15, 0.2) is 11.5 Å². The summed E-state index contributed by atoms with van der Waals surface area (Å²) in [5, 5.41) is 0. The minimum atomic E-state index is -3.20. The first kappa shape index (κ1) is 16.1. The molecule has 3 rings (SSSR count). The highest BCUT2D eigenvalue weighted by Crippen LogP contribution is 2.33. The van der Waals surface area contributed by atoms with Gasteiger partial charge in [-0.3, -0.25) is 4.79 Å². The number of amides is 1. The van der Waals surface area contributed by atoms with Crippen LogP contribution in [-0.4, -0.2) is 69.2 Å². The Bertz CT molecular complexity index is 724. The largest absolute Gasteiger partial charge is 0.486 e. The molecular formula is C15H20N2O5S. The van der Waals surface area contributed by atoms with Crippen molar-refractivity contribution in [2.24, 2.45) is 0 Å². The Hall–Kier alpha value is -1.80. The van der Waals surface area contributed by atoms with E-state index in [-0.39, 0.29) is 5.91 Å². The van der Waals surface area contributed by atoms with Gasteiger partial charge in [0.25, 0.3) is 5.91 Å². The number of rotatable bonds is 2. The zero-order valence-corrected chi connectivity index (χ0v) is 14.1. The van der Waals surface area contributed by atoms with Crippen molar-refractivity contribution in [1.82, 2.24) is 9.21 Å². The summed E-state index contributed by atoms with van der Waals surface area (Å²) in [6, 6.07) is 3.53. The van der Waals surface area contributed by atoms with Crippen molar-refractivity contribution < 1.29 is 22.7 Å². The maximum Gasteiger partial charge on any atom is 0.254 e. The molecule has 1 aromatic rings. The van der Waals surface area contributed by atoms with Gasteiger partial charge in [0.05, 0.1) is 6.26 Å². The lowest BCUT2D eigenvalue weighted by Gasteiger charge is -2.33. The Morgan fingerprint density at radius 2 is 1.61 bits per heavy atom. The van der Waals surface area contributed by atoms with E-state index in [1.165, 1.54) is 10.6 Å². The van der Waals surface area contributed by atoms with E-state index >= 15 is 0 Å². The third kappa shape index (κ3) is 3.28. The van der Waals surface area contributed by atoms with Crippen LogP contribution in [0.2, 0.25) is 0 Å². The third-order valence-corrected chi connectivity index (χ3v) is 5.42. The maximum absolute atomic E-state index is 12.7. The van der Waals surface area contributed by atoms with Crippen LogP contribution >= 0.6 is 0 Å². The molecule has 2 heterocycles. The van der Waals surface area contributed by atoms with Crippen LogP contribution in [0.5, 0.6) is 11.5 Å². The second-order valence-electron chi connectivity index (χ2n) is 5.77. The van der Waals surface area contributed by atoms with E-state index in [2.05, 4.69) is 0 Å². The predicted molar refractivity (Wildman–Crippen MR) is 84.5 cm³/mol. The molecule has 126 valence electrons. The SMILES string of the molecule is Cc1cc2c(cc1C(=O)N1CCN(S(C)(=O)=O)CC1)OCCO2. The summed E-state index contributed by atoms with van der Waals surface area (Å²) >= 11 is 0. The number of carbonyl (C=O) groups is 1. The summed E-state index contributed by atoms with van der Waals surface area (Å²) in [6.07, 6.45) is 1.19. The first-order chi connectivity index (χ1) is 10.9. The highest BCUT2D eigenvalue weighted by Gasteiger charge is 2.28. The Morgan fingerprint density at radius 3 is 2.17 bits per heavy atom. The molecule has 2 aliphatic heterocycles. The molecule has 0 unspecified atom stereocenters. The minimum Gasteiger partial charge on any atom is -0.486 e. The van der Waals surface area contributed by atoms with Crippen molar-refractivity contribution in [3.8, 4) is 11.5 Å². The number of aryl methyl sites for hydroxylation is 1. The zero-order chi connectivity index (χ0) is 16.6. The number of piperazine rings is 1. The number of benzene rings is 1. The van der Waals surface area contributed by atoms with Gasteiger partial charge in [-0.05, 0) is 24.6 Å². The van der Waals surface area contributed by atoms with Gasteiger partial charge in [-0.25, -0.2) is 8.42 Å². The lowest BCUT2D eigenvalue weighted by molar-refractivity contribution is 0.0696. The lowest BCUT2D eigenvalue weighted by atomic mass is 10.1. The van der Waals surface area contributed by atoms with E-state index in [9.17, 15) is 13.2 Å². The second-order valence-corrected chi connectivity index (χ2v) is 7.75. The second kappa shape index (κ2) is 6.01. The molecule has 0 radical (unpaired) electrons. The summed E-state index contributed by atoms with van der Waals surface area (Å²) in [5.74, 6) is 1.14. The monoisotopic (exact) mass is 340 g/mol. The summed E-state index contributed by atoms with van der Waals surface area (Å²) in [4.78, 5) is 14.4. The number of fused-ring (bicyclic) bond motifs is 1. The van der Waals surface area contributed by atoms with Crippen molar-refractivity contribution in [2.45, 2.75) is 6.92 Å². The molecule has 1 fully saturated rings. The average molecular weight is 340 g/mol. The number of ether oxygens (including phenoxy) is 2. The molecule has 8 heteroatoms. The fourth-order valence-corrected chi connectivity index (χ4v) is 3.64. The third-order valence-electron chi connectivity index (χ3n) is 4.11. The smallest absolute Gasteiger partial charge is 0.254 e. The van der Waals surface area contributed by atoms with E-state index in [1.54, 1.807) is 11.0 Å². The normalized spacial score (nSPS) is 18.8. The van der Waals surface area contributed by atoms with E-state index < -0.39 is 10.0 Å². The quantitative estimate of drug-likeness (QED) is 0.783. The first-order valence-electron chi connectivity index (χ1n) is 7.51. The molecule has 1 aromatic carbocycles. The molecule has 7 nitrogen and oxygen atoms in total. The van der Waals surface area contributed by atoms with Gasteiger partial charge < -0.3 is 14.4 Å². The topological polar surface area (TPSA) is 76.2 Å². The van der Waals surface area contributed by atoms with Crippen LogP contribution in [-0.2, 0) is 10.0 Å². The summed E-state index contributed by atoms with van der Waals surface area (Å²) in [5.41, 5.74) is 1.40. The van der Waals surface area contributed by atoms with E-state index in [0.717, 1.165) is 5.56 Å². The number of hydrogen-bond donors (Lipinski definition) is 0. The molecule has 1 saturated heterocycles. The van der Waals surface area contributed by atoms with Crippen LogP contribution in [0.1, 0.15) is 15.9 Å². The Labute approximate surface area is 135 Å². The molecule has 2 aliphatic rings. The molecule has 0 aliphatic carbocycles. The van der Waals surface area contributed by atoms with Crippen molar-refractivity contribution in [3.05, 3.63) is 23.3 Å². The minimum absolute atomic E-state index is 0.104. The van der Waals surface area contributed by atoms with Crippen LogP contribution in [0.15, 0.2) is 12.1 Å². The van der Waals surface area contributed by atoms with Gasteiger partial charge in [-0.1, -0.05) is 0 Å². The van der Waals surface area contributed by atoms with Crippen molar-refractivity contribution in [3.63, 3.8) is 0 Å². The number of carbonyl (C=O) groups excluding carboxylic acids is 1. The van der Waals surface area contributed by atoms with Crippen LogP contribution in [0.4, 0.5) is 0 Å². The summed E-state index contributed by atoms with van der Waals surface area (Å²) in [7, 11) is -3.20. The van der Waals surface area contributed by atoms with Gasteiger partial charge >= 0.3 is 0 Å². The van der Waals surface area contributed by atoms with Gasteiger partial charge in [-0.15, -0.1) is 0 Å². The van der Waals surface area contributed by atoms with Gasteiger partial charge in [0, 0.05) is 31.7 Å². The predicted octanol–water partition coefficient (Wildman–Crippen LogP) is 0.484. The highest BCUT2D eigenvalue weighted by atomic mass is 32.2. The van der Waals surface area contributed by atoms with E-state index in [0.29, 0.717) is 56.5 Å². The fourth-order valence-electron chi connectivity index (χ4n) is 2.81. The van der Waals surface area contributed by atoms with Crippen molar-refractivity contribution in [1.29, 1.82) is 0 Å². The molecule has 23 heavy (non-hydrogen) atoms. The van der Waals surface area contributed by atoms with Gasteiger partial charge in [-0.2, -0.15) is 4.31 Å². The Morgan fingerprint density at radius 1 is 1.04 bits per heavy atom. The Balaban J connectivity index is 1.77. The summed E-state index contributed by atoms with van der Waals surface area (Å²) < 4.78 is 35.5. The number of nitrogens with zero attached hydrogens (tertiary/aromatic N) is 2. The lowest BCUT2D eigenvalue weighted by Crippen LogP contribution is -2.50. The van der Waals surface area contributed by atoms with Crippen LogP contribution in [0.3, 0.4) is 0 Å². The average Bonchev–Trinajstić information content (AvgIpc) is 2.53. The first-order valence-corrected chi connectivity index (χ1v) is 9.36. The maximum atomic E-state index is 12.7. The molecule has 0 spiro atoms. The van der Waals surface area contributed by atoms with Gasteiger partial charge in [0.2, 0.25) is 10.0 Å². The standard InChI is InChI=1S/C15H20N2O5S/c1-11-9-13-14(22-8-7-21-13)10-12(11)15(18)16-3-5-17(6-4-16)23(2,19)20/h9-10H,3-8H2,1-2H3. The molecule has 0 bridgehead atoms. The van der Waals surface area contributed by atoms with Crippen molar-refractivity contribution >= 4 is 15.9 Å². The van der Waals surface area contributed by atoms with Crippen LogP contribution in [0, 0.1) is 6.92 Å². The van der Waals surface area contributed by atoms with Crippen LogP contribution < -0.4 is 9.47 Å². The molecule has 1 amide bonds. The molecule has 0 atom stereocenters. The van der Waals surface area contributed by atoms with Crippen molar-refractivity contribution in [2.75, 3.05) is 45.6 Å². The number of hydrogen-bond acceptors (Lipinski definition) is 5. The summed E-state index contributed by atoms with van der Waals surface area (Å²) in [6.45, 7) is 4.27. The van der Waals surface area contributed by atoms with Crippen LogP contribution in [0.25, 0.3) is 0 Å². The number of sulfonamides is 1. The Kier molecular flexibility index (Phi) is 4.20. The van der Waals surface area contributed by atoms with Gasteiger partial charge in [0.1, 0.15) is 13.2 Å². The molecule has 0 aromatic heterocycles. The zero-order valence-electron chi connectivity index (χ0n) is 13.2. The fraction of sp³-hybridized carbons (Fsp3) is 0.533. The highest BCUT2D eigenvalue weighted by molar-refractivity contribution is 7.88. The molecular weight excluding hydrogens is 320 g/mol. The molecule has 0 saturated carbocycles. The molecule has 0 N–H and O–H groups in total. The van der Waals surface area contributed by atoms with E-state index in [1.807, 2.05) is 13.0 Å².